The maximum Gasteiger partial charge on any atom is 0.222 e. The molecule has 1 aliphatic rings. The van der Waals surface area contributed by atoms with E-state index in [1.54, 1.807) is 16.8 Å². The van der Waals surface area contributed by atoms with Crippen LogP contribution in [-0.2, 0) is 0 Å². The zero-order chi connectivity index (χ0) is 15.8. The van der Waals surface area contributed by atoms with Crippen LogP contribution in [0.15, 0.2) is 54.9 Å². The fourth-order valence-electron chi connectivity index (χ4n) is 3.09. The average Bonchev–Trinajstić information content (AvgIpc) is 3.04. The second-order valence-electron chi connectivity index (χ2n) is 5.52. The van der Waals surface area contributed by atoms with Gasteiger partial charge in [0.25, 0.3) is 0 Å². The van der Waals surface area contributed by atoms with Gasteiger partial charge in [-0.1, -0.05) is 48.0 Å². The molecule has 0 bridgehead atoms. The first-order chi connectivity index (χ1) is 11.2. The van der Waals surface area contributed by atoms with Crippen LogP contribution in [0, 0.1) is 5.82 Å². The third-order valence-corrected chi connectivity index (χ3v) is 4.50. The predicted molar refractivity (Wildman–Crippen MR) is 87.0 cm³/mol. The quantitative estimate of drug-likeness (QED) is 0.766. The van der Waals surface area contributed by atoms with Gasteiger partial charge in [0.15, 0.2) is 0 Å². The number of fused-ring (bicyclic) bond motifs is 1. The van der Waals surface area contributed by atoms with E-state index in [1.807, 2.05) is 30.3 Å². The molecule has 1 aliphatic heterocycles. The lowest BCUT2D eigenvalue weighted by Crippen LogP contribution is -2.28. The highest BCUT2D eigenvalue weighted by Crippen LogP contribution is 2.40. The lowest BCUT2D eigenvalue weighted by Gasteiger charge is -2.32. The van der Waals surface area contributed by atoms with Gasteiger partial charge in [0, 0.05) is 10.6 Å². The maximum atomic E-state index is 14.4. The highest BCUT2D eigenvalue weighted by molar-refractivity contribution is 6.31. The molecule has 0 spiro atoms. The molecule has 0 saturated carbocycles. The van der Waals surface area contributed by atoms with E-state index in [-0.39, 0.29) is 17.9 Å². The molecule has 2 aromatic carbocycles. The van der Waals surface area contributed by atoms with Gasteiger partial charge in [-0.05, 0) is 24.1 Å². The molecular formula is C17H14ClFN4. The van der Waals surface area contributed by atoms with Crippen molar-refractivity contribution < 1.29 is 4.39 Å². The van der Waals surface area contributed by atoms with Crippen LogP contribution in [0.2, 0.25) is 5.02 Å². The van der Waals surface area contributed by atoms with Crippen molar-refractivity contribution >= 4 is 17.5 Å². The highest BCUT2D eigenvalue weighted by atomic mass is 35.5. The van der Waals surface area contributed by atoms with Gasteiger partial charge in [0.05, 0.1) is 12.1 Å². The average molecular weight is 329 g/mol. The molecule has 4 rings (SSSR count). The van der Waals surface area contributed by atoms with E-state index >= 15 is 0 Å². The van der Waals surface area contributed by atoms with Gasteiger partial charge in [-0.2, -0.15) is 10.1 Å². The van der Waals surface area contributed by atoms with Crippen LogP contribution in [-0.4, -0.2) is 14.8 Å². The Kier molecular flexibility index (Phi) is 3.50. The number of anilines is 1. The Balaban J connectivity index is 1.80. The molecule has 116 valence electrons. The van der Waals surface area contributed by atoms with Crippen molar-refractivity contribution in [3.63, 3.8) is 0 Å². The minimum Gasteiger partial charge on any atom is -0.348 e. The Labute approximate surface area is 137 Å². The van der Waals surface area contributed by atoms with E-state index in [1.165, 1.54) is 12.4 Å². The summed E-state index contributed by atoms with van der Waals surface area (Å²) in [7, 11) is 0. The summed E-state index contributed by atoms with van der Waals surface area (Å²) >= 11 is 6.27. The Morgan fingerprint density at radius 3 is 2.74 bits per heavy atom. The lowest BCUT2D eigenvalue weighted by molar-refractivity contribution is 0.416. The molecule has 4 nitrogen and oxygen atoms in total. The molecule has 3 aromatic rings. The standard InChI is InChI=1S/C17H14ClFN4/c18-12-7-4-8-13(19)16(12)15-9-14(11-5-2-1-3-6-11)22-17-20-10-21-23(15)17/h1-8,10,14-15H,9H2,(H,20,21,22)/t14-,15-/m1/s1. The molecule has 1 aromatic heterocycles. The monoisotopic (exact) mass is 328 g/mol. The van der Waals surface area contributed by atoms with Crippen LogP contribution < -0.4 is 5.32 Å². The van der Waals surface area contributed by atoms with E-state index in [0.29, 0.717) is 23.0 Å². The second kappa shape index (κ2) is 5.66. The Morgan fingerprint density at radius 2 is 1.96 bits per heavy atom. The first-order valence-corrected chi connectivity index (χ1v) is 7.76. The van der Waals surface area contributed by atoms with Gasteiger partial charge in [0.1, 0.15) is 12.1 Å². The Morgan fingerprint density at radius 1 is 1.13 bits per heavy atom. The Hall–Kier alpha value is -2.40. The van der Waals surface area contributed by atoms with Crippen LogP contribution in [0.4, 0.5) is 10.3 Å². The zero-order valence-corrected chi connectivity index (χ0v) is 12.9. The van der Waals surface area contributed by atoms with Crippen molar-refractivity contribution in [2.75, 3.05) is 5.32 Å². The van der Waals surface area contributed by atoms with Crippen LogP contribution in [0.3, 0.4) is 0 Å². The summed E-state index contributed by atoms with van der Waals surface area (Å²) in [5, 5.41) is 8.01. The van der Waals surface area contributed by atoms with Crippen molar-refractivity contribution in [2.45, 2.75) is 18.5 Å². The zero-order valence-electron chi connectivity index (χ0n) is 12.2. The normalized spacial score (nSPS) is 19.9. The molecule has 6 heteroatoms. The third kappa shape index (κ3) is 2.47. The SMILES string of the molecule is Fc1cccc(Cl)c1[C@H]1C[C@H](c2ccccc2)Nc2ncnn21. The van der Waals surface area contributed by atoms with Gasteiger partial charge >= 0.3 is 0 Å². The molecule has 0 fully saturated rings. The number of hydrogen-bond donors (Lipinski definition) is 1. The largest absolute Gasteiger partial charge is 0.348 e. The number of nitrogens with zero attached hydrogens (tertiary/aromatic N) is 3. The Bertz CT molecular complexity index is 813. The molecule has 0 unspecified atom stereocenters. The minimum atomic E-state index is -0.322. The van der Waals surface area contributed by atoms with E-state index in [0.717, 1.165) is 5.56 Å². The van der Waals surface area contributed by atoms with Gasteiger partial charge in [-0.15, -0.1) is 0 Å². The number of halogens is 2. The van der Waals surface area contributed by atoms with Crippen LogP contribution >= 0.6 is 11.6 Å². The molecule has 23 heavy (non-hydrogen) atoms. The fourth-order valence-corrected chi connectivity index (χ4v) is 3.38. The van der Waals surface area contributed by atoms with E-state index < -0.39 is 0 Å². The number of benzene rings is 2. The smallest absolute Gasteiger partial charge is 0.222 e. The molecule has 0 radical (unpaired) electrons. The van der Waals surface area contributed by atoms with E-state index in [9.17, 15) is 4.39 Å². The first-order valence-electron chi connectivity index (χ1n) is 7.39. The minimum absolute atomic E-state index is 0.0218. The summed E-state index contributed by atoms with van der Waals surface area (Å²) in [6.45, 7) is 0. The number of rotatable bonds is 2. The molecule has 0 aliphatic carbocycles. The summed E-state index contributed by atoms with van der Waals surface area (Å²) in [6.07, 6.45) is 2.11. The van der Waals surface area contributed by atoms with Crippen LogP contribution in [0.5, 0.6) is 0 Å². The van der Waals surface area contributed by atoms with Gasteiger partial charge in [0.2, 0.25) is 5.95 Å². The van der Waals surface area contributed by atoms with Crippen molar-refractivity contribution in [3.05, 3.63) is 76.8 Å². The highest BCUT2D eigenvalue weighted by Gasteiger charge is 2.32. The first kappa shape index (κ1) is 14.2. The third-order valence-electron chi connectivity index (χ3n) is 4.17. The topological polar surface area (TPSA) is 42.7 Å². The number of aromatic nitrogens is 3. The van der Waals surface area contributed by atoms with Crippen molar-refractivity contribution in [2.24, 2.45) is 0 Å². The molecular weight excluding hydrogens is 315 g/mol. The number of hydrogen-bond acceptors (Lipinski definition) is 3. The van der Waals surface area contributed by atoms with Gasteiger partial charge in [-0.3, -0.25) is 0 Å². The lowest BCUT2D eigenvalue weighted by atomic mass is 9.93. The van der Waals surface area contributed by atoms with Gasteiger partial charge < -0.3 is 5.32 Å². The summed E-state index contributed by atoms with van der Waals surface area (Å²) in [6, 6.07) is 14.5. The molecule has 1 N–H and O–H groups in total. The van der Waals surface area contributed by atoms with Crippen LogP contribution in [0.25, 0.3) is 0 Å². The molecule has 0 amide bonds. The number of nitrogens with one attached hydrogen (secondary N) is 1. The fraction of sp³-hybridized carbons (Fsp3) is 0.176. The van der Waals surface area contributed by atoms with E-state index in [2.05, 4.69) is 15.4 Å². The van der Waals surface area contributed by atoms with E-state index in [4.69, 9.17) is 11.6 Å². The van der Waals surface area contributed by atoms with Crippen LogP contribution in [0.1, 0.15) is 29.6 Å². The van der Waals surface area contributed by atoms with Crippen molar-refractivity contribution in [1.29, 1.82) is 0 Å². The molecule has 0 saturated heterocycles. The summed E-state index contributed by atoms with van der Waals surface area (Å²) in [5.41, 5.74) is 1.59. The second-order valence-corrected chi connectivity index (χ2v) is 5.93. The van der Waals surface area contributed by atoms with Crippen molar-refractivity contribution in [1.82, 2.24) is 14.8 Å². The summed E-state index contributed by atoms with van der Waals surface area (Å²) in [4.78, 5) is 4.24. The molecule has 2 atom stereocenters. The maximum absolute atomic E-state index is 14.4. The molecule has 2 heterocycles. The van der Waals surface area contributed by atoms with Crippen molar-refractivity contribution in [3.8, 4) is 0 Å². The predicted octanol–water partition coefficient (Wildman–Crippen LogP) is 4.22. The summed E-state index contributed by atoms with van der Waals surface area (Å²) in [5.74, 6) is 0.298. The summed E-state index contributed by atoms with van der Waals surface area (Å²) < 4.78 is 16.1. The van der Waals surface area contributed by atoms with Gasteiger partial charge in [-0.25, -0.2) is 9.07 Å².